The summed E-state index contributed by atoms with van der Waals surface area (Å²) in [7, 11) is -2.90. The Bertz CT molecular complexity index is 366. The molecule has 0 saturated carbocycles. The van der Waals surface area contributed by atoms with Gasteiger partial charge in [0.1, 0.15) is 0 Å². The van der Waals surface area contributed by atoms with Gasteiger partial charge in [0, 0.05) is 25.3 Å². The second kappa shape index (κ2) is 7.09. The molecule has 106 valence electrons. The normalized spacial score (nSPS) is 21.3. The Kier molecular flexibility index (Phi) is 6.08. The number of carbonyl (C=O) groups is 1. The standard InChI is InChI=1S/C12H23NO4S/c1-2-8-18(16,17)9-7-13-6-5-11(10-13)3-4-12(14)15/h11H,2-10H2,1H3,(H,14,15). The van der Waals surface area contributed by atoms with E-state index in [-0.39, 0.29) is 17.9 Å². The summed E-state index contributed by atoms with van der Waals surface area (Å²) < 4.78 is 23.2. The summed E-state index contributed by atoms with van der Waals surface area (Å²) in [6, 6.07) is 0. The van der Waals surface area contributed by atoms with Gasteiger partial charge in [0.05, 0.1) is 5.75 Å². The van der Waals surface area contributed by atoms with E-state index in [1.165, 1.54) is 0 Å². The van der Waals surface area contributed by atoms with Gasteiger partial charge in [-0.25, -0.2) is 8.42 Å². The Morgan fingerprint density at radius 1 is 1.39 bits per heavy atom. The third-order valence-electron chi connectivity index (χ3n) is 3.37. The fraction of sp³-hybridized carbons (Fsp3) is 0.917. The van der Waals surface area contributed by atoms with Crippen molar-refractivity contribution in [1.29, 1.82) is 0 Å². The van der Waals surface area contributed by atoms with E-state index in [4.69, 9.17) is 5.11 Å². The molecule has 6 heteroatoms. The van der Waals surface area contributed by atoms with Crippen molar-refractivity contribution in [1.82, 2.24) is 4.90 Å². The van der Waals surface area contributed by atoms with Crippen LogP contribution >= 0.6 is 0 Å². The first-order chi connectivity index (χ1) is 8.43. The van der Waals surface area contributed by atoms with E-state index in [0.29, 0.717) is 25.3 Å². The lowest BCUT2D eigenvalue weighted by Crippen LogP contribution is -2.28. The molecule has 1 saturated heterocycles. The maximum atomic E-state index is 11.6. The predicted molar refractivity (Wildman–Crippen MR) is 70.4 cm³/mol. The van der Waals surface area contributed by atoms with Crippen LogP contribution in [0.5, 0.6) is 0 Å². The Morgan fingerprint density at radius 2 is 2.11 bits per heavy atom. The highest BCUT2D eigenvalue weighted by molar-refractivity contribution is 7.91. The summed E-state index contributed by atoms with van der Waals surface area (Å²) in [5, 5.41) is 8.62. The van der Waals surface area contributed by atoms with Gasteiger partial charge in [0.2, 0.25) is 0 Å². The largest absolute Gasteiger partial charge is 0.481 e. The second-order valence-corrected chi connectivity index (χ2v) is 7.34. The molecule has 0 aliphatic carbocycles. The molecule has 1 aliphatic heterocycles. The lowest BCUT2D eigenvalue weighted by Gasteiger charge is -2.15. The molecule has 1 fully saturated rings. The van der Waals surface area contributed by atoms with Gasteiger partial charge in [-0.2, -0.15) is 0 Å². The molecule has 0 bridgehead atoms. The SMILES string of the molecule is CCCS(=O)(=O)CCN1CCC(CCC(=O)O)C1. The molecule has 0 aromatic heterocycles. The molecule has 0 aromatic rings. The van der Waals surface area contributed by atoms with Crippen molar-refractivity contribution in [2.75, 3.05) is 31.1 Å². The average molecular weight is 277 g/mol. The number of carboxylic acids is 1. The number of hydrogen-bond donors (Lipinski definition) is 1. The lowest BCUT2D eigenvalue weighted by atomic mass is 10.0. The van der Waals surface area contributed by atoms with Gasteiger partial charge in [-0.15, -0.1) is 0 Å². The molecule has 0 radical (unpaired) electrons. The van der Waals surface area contributed by atoms with E-state index in [2.05, 4.69) is 4.90 Å². The highest BCUT2D eigenvalue weighted by Crippen LogP contribution is 2.20. The van der Waals surface area contributed by atoms with Gasteiger partial charge in [-0.3, -0.25) is 4.79 Å². The van der Waals surface area contributed by atoms with E-state index < -0.39 is 15.8 Å². The van der Waals surface area contributed by atoms with Crippen LogP contribution in [-0.4, -0.2) is 55.5 Å². The summed E-state index contributed by atoms with van der Waals surface area (Å²) >= 11 is 0. The minimum absolute atomic E-state index is 0.215. The van der Waals surface area contributed by atoms with Crippen LogP contribution in [0, 0.1) is 5.92 Å². The van der Waals surface area contributed by atoms with Crippen LogP contribution in [0.4, 0.5) is 0 Å². The number of likely N-dealkylation sites (tertiary alicyclic amines) is 1. The van der Waals surface area contributed by atoms with Gasteiger partial charge >= 0.3 is 5.97 Å². The highest BCUT2D eigenvalue weighted by atomic mass is 32.2. The van der Waals surface area contributed by atoms with Gasteiger partial charge in [-0.1, -0.05) is 6.92 Å². The first kappa shape index (κ1) is 15.4. The number of hydrogen-bond acceptors (Lipinski definition) is 4. The number of rotatable bonds is 8. The van der Waals surface area contributed by atoms with Crippen LogP contribution in [0.3, 0.4) is 0 Å². The second-order valence-electron chi connectivity index (χ2n) is 5.04. The fourth-order valence-corrected chi connectivity index (χ4v) is 3.72. The fourth-order valence-electron chi connectivity index (χ4n) is 2.36. The predicted octanol–water partition coefficient (Wildman–Crippen LogP) is 0.998. The number of aliphatic carboxylic acids is 1. The molecule has 1 rings (SSSR count). The van der Waals surface area contributed by atoms with Crippen LogP contribution in [-0.2, 0) is 14.6 Å². The Hall–Kier alpha value is -0.620. The van der Waals surface area contributed by atoms with E-state index in [1.807, 2.05) is 6.92 Å². The van der Waals surface area contributed by atoms with E-state index in [9.17, 15) is 13.2 Å². The topological polar surface area (TPSA) is 74.7 Å². The summed E-state index contributed by atoms with van der Waals surface area (Å²) in [5.74, 6) is 0.157. The zero-order chi connectivity index (χ0) is 13.6. The molecular formula is C12H23NO4S. The molecule has 1 N–H and O–H groups in total. The van der Waals surface area contributed by atoms with Crippen molar-refractivity contribution < 1.29 is 18.3 Å². The van der Waals surface area contributed by atoms with Gasteiger partial charge in [0.25, 0.3) is 0 Å². The zero-order valence-corrected chi connectivity index (χ0v) is 11.8. The van der Waals surface area contributed by atoms with Crippen molar-refractivity contribution in [3.63, 3.8) is 0 Å². The maximum Gasteiger partial charge on any atom is 0.303 e. The minimum atomic E-state index is -2.90. The zero-order valence-electron chi connectivity index (χ0n) is 11.0. The Labute approximate surface area is 109 Å². The van der Waals surface area contributed by atoms with E-state index in [1.54, 1.807) is 0 Å². The molecule has 1 aliphatic rings. The molecule has 0 spiro atoms. The number of nitrogens with zero attached hydrogens (tertiary/aromatic N) is 1. The van der Waals surface area contributed by atoms with Gasteiger partial charge in [0.15, 0.2) is 9.84 Å². The third kappa shape index (κ3) is 5.82. The first-order valence-electron chi connectivity index (χ1n) is 6.57. The molecule has 1 heterocycles. The van der Waals surface area contributed by atoms with Crippen LogP contribution in [0.1, 0.15) is 32.6 Å². The molecular weight excluding hydrogens is 254 g/mol. The average Bonchev–Trinajstić information content (AvgIpc) is 2.72. The van der Waals surface area contributed by atoms with Crippen LogP contribution in [0.15, 0.2) is 0 Å². The van der Waals surface area contributed by atoms with Gasteiger partial charge < -0.3 is 10.0 Å². The van der Waals surface area contributed by atoms with Crippen LogP contribution in [0.2, 0.25) is 0 Å². The summed E-state index contributed by atoms with van der Waals surface area (Å²) in [4.78, 5) is 12.6. The van der Waals surface area contributed by atoms with Crippen molar-refractivity contribution in [2.45, 2.75) is 32.6 Å². The molecule has 18 heavy (non-hydrogen) atoms. The van der Waals surface area contributed by atoms with Crippen molar-refractivity contribution in [2.24, 2.45) is 5.92 Å². The van der Waals surface area contributed by atoms with Crippen molar-refractivity contribution >= 4 is 15.8 Å². The monoisotopic (exact) mass is 277 g/mol. The number of carboxylic acid groups (broad SMARTS) is 1. The van der Waals surface area contributed by atoms with E-state index in [0.717, 1.165) is 19.5 Å². The lowest BCUT2D eigenvalue weighted by molar-refractivity contribution is -0.137. The Morgan fingerprint density at radius 3 is 2.72 bits per heavy atom. The maximum absolute atomic E-state index is 11.6. The smallest absolute Gasteiger partial charge is 0.303 e. The van der Waals surface area contributed by atoms with Crippen molar-refractivity contribution in [3.05, 3.63) is 0 Å². The number of sulfone groups is 1. The summed E-state index contributed by atoms with van der Waals surface area (Å²) in [6.45, 7) is 4.20. The minimum Gasteiger partial charge on any atom is -0.481 e. The summed E-state index contributed by atoms with van der Waals surface area (Å²) in [6.07, 6.45) is 2.57. The molecule has 0 aromatic carbocycles. The Balaban J connectivity index is 2.24. The molecule has 5 nitrogen and oxygen atoms in total. The van der Waals surface area contributed by atoms with Gasteiger partial charge in [-0.05, 0) is 31.7 Å². The quantitative estimate of drug-likeness (QED) is 0.716. The van der Waals surface area contributed by atoms with E-state index >= 15 is 0 Å². The third-order valence-corrected chi connectivity index (χ3v) is 5.20. The summed E-state index contributed by atoms with van der Waals surface area (Å²) in [5.41, 5.74) is 0. The molecule has 1 unspecified atom stereocenters. The van der Waals surface area contributed by atoms with Crippen molar-refractivity contribution in [3.8, 4) is 0 Å². The van der Waals surface area contributed by atoms with Crippen LogP contribution in [0.25, 0.3) is 0 Å². The molecule has 0 amide bonds. The molecule has 1 atom stereocenters. The highest BCUT2D eigenvalue weighted by Gasteiger charge is 2.23. The first-order valence-corrected chi connectivity index (χ1v) is 8.39. The van der Waals surface area contributed by atoms with Crippen LogP contribution < -0.4 is 0 Å².